The molecule has 0 saturated carbocycles. The highest BCUT2D eigenvalue weighted by Crippen LogP contribution is 2.63. The first-order valence-corrected chi connectivity index (χ1v) is 17.5. The van der Waals surface area contributed by atoms with Crippen LogP contribution in [0.5, 0.6) is 46.0 Å². The van der Waals surface area contributed by atoms with E-state index in [1.54, 1.807) is 48.5 Å². The number of nitrogens with zero attached hydrogens (tertiary/aromatic N) is 2. The van der Waals surface area contributed by atoms with E-state index in [0.29, 0.717) is 0 Å². The van der Waals surface area contributed by atoms with Crippen LogP contribution in [-0.2, 0) is 4.57 Å². The fourth-order valence-corrected chi connectivity index (χ4v) is 8.43. The van der Waals surface area contributed by atoms with Crippen molar-refractivity contribution in [3.8, 4) is 68.2 Å². The molecule has 0 amide bonds. The zero-order valence-electron chi connectivity index (χ0n) is 27.7. The lowest BCUT2D eigenvalue weighted by molar-refractivity contribution is 0.372. The summed E-state index contributed by atoms with van der Waals surface area (Å²) in [5.74, 6) is -7.87. The summed E-state index contributed by atoms with van der Waals surface area (Å²) in [5.41, 5.74) is -2.10. The Labute approximate surface area is 302 Å². The molecular weight excluding hydrogens is 697 g/mol. The molecule has 1 atom stereocenters. The highest BCUT2D eigenvalue weighted by molar-refractivity contribution is 7.82. The molecule has 0 saturated heterocycles. The predicted molar refractivity (Wildman–Crippen MR) is 203 cm³/mol. The Kier molecular flexibility index (Phi) is 9.56. The van der Waals surface area contributed by atoms with Gasteiger partial charge in [-0.05, 0) is 47.5 Å². The zero-order valence-corrected chi connectivity index (χ0v) is 28.6. The zero-order chi connectivity index (χ0) is 38.0. The fraction of sp³-hybridized carbons (Fsp3) is 0. The van der Waals surface area contributed by atoms with E-state index in [-0.39, 0.29) is 43.9 Å². The molecule has 1 heterocycles. The van der Waals surface area contributed by atoms with Crippen LogP contribution in [0.2, 0.25) is 0 Å². The minimum Gasteiger partial charge on any atom is -0.504 e. The van der Waals surface area contributed by atoms with Crippen molar-refractivity contribution in [2.45, 2.75) is 0 Å². The van der Waals surface area contributed by atoms with Crippen LogP contribution in [0.15, 0.2) is 134 Å². The van der Waals surface area contributed by atoms with E-state index in [1.807, 2.05) is 0 Å². The third-order valence-electron chi connectivity index (χ3n) is 8.56. The molecule has 1 aromatic heterocycles. The van der Waals surface area contributed by atoms with Crippen molar-refractivity contribution in [2.75, 3.05) is 4.90 Å². The largest absolute Gasteiger partial charge is 0.504 e. The Bertz CT molecular complexity index is 2290. The average molecular weight is 730 g/mol. The number of allylic oxidation sites excluding steroid dienone is 3. The molecule has 0 spiro atoms. The molecule has 0 fully saturated rings. The predicted octanol–water partition coefficient (Wildman–Crippen LogP) is 7.56. The molecule has 0 radical (unpaired) electrons. The number of aromatic nitrogens is 1. The summed E-state index contributed by atoms with van der Waals surface area (Å²) in [4.78, 5) is 4.88. The number of phenolic OH excluding ortho intramolecular Hbond substituents is 8. The first-order valence-electron chi connectivity index (χ1n) is 15.8. The fourth-order valence-electron chi connectivity index (χ4n) is 6.03. The van der Waals surface area contributed by atoms with E-state index in [9.17, 15) is 40.9 Å². The lowest BCUT2D eigenvalue weighted by atomic mass is 9.98. The van der Waals surface area contributed by atoms with E-state index in [1.165, 1.54) is 73.1 Å². The average Bonchev–Trinajstić information content (AvgIpc) is 3.19. The van der Waals surface area contributed by atoms with Crippen LogP contribution in [0.3, 0.4) is 0 Å². The number of rotatable bonds is 10. The molecule has 0 aliphatic carbocycles. The SMILES string of the molecule is C=C(/C=C\C=N)P(=O)(c1cccnc1)c1cccc(N(c2c(O)c(O)c(-c3ccccc3)c(O)c2O)c2c(O)c(O)c(-c3ccccc3)c(O)c2O)c1. The standard InChI is InChI=1S/C40H32N3O9P/c1-23(11-9-19-41)53(52,28-18-10-20-42-22-28)27-17-8-16-26(21-27)43(31-37(48)33(44)29(34(45)38(31)49)24-12-4-2-5-13-24)32-39(50)35(46)30(36(47)40(32)51)25-14-6-3-7-15-25/h2-22,41,44-51H,1H2/b11-9-,41-19?. The lowest BCUT2D eigenvalue weighted by Gasteiger charge is -2.31. The van der Waals surface area contributed by atoms with Gasteiger partial charge in [0, 0.05) is 40.2 Å². The number of pyridine rings is 1. The topological polar surface area (TPSA) is 219 Å². The Hall–Kier alpha value is -7.17. The van der Waals surface area contributed by atoms with Crippen LogP contribution < -0.4 is 15.5 Å². The highest BCUT2D eigenvalue weighted by atomic mass is 31.2. The number of nitrogens with one attached hydrogen (secondary N) is 1. The Balaban J connectivity index is 1.70. The van der Waals surface area contributed by atoms with Crippen LogP contribution in [0.4, 0.5) is 17.1 Å². The van der Waals surface area contributed by atoms with E-state index < -0.39 is 64.5 Å². The summed E-state index contributed by atoms with van der Waals surface area (Å²) in [6, 6.07) is 24.4. The Morgan fingerprint density at radius 3 is 1.53 bits per heavy atom. The number of benzene rings is 5. The molecule has 0 bridgehead atoms. The van der Waals surface area contributed by atoms with Gasteiger partial charge >= 0.3 is 0 Å². The van der Waals surface area contributed by atoms with Gasteiger partial charge in [0.1, 0.15) is 11.4 Å². The van der Waals surface area contributed by atoms with E-state index in [0.717, 1.165) is 11.1 Å². The number of hydrogen-bond donors (Lipinski definition) is 9. The normalized spacial score (nSPS) is 12.3. The molecule has 53 heavy (non-hydrogen) atoms. The molecule has 5 aromatic carbocycles. The van der Waals surface area contributed by atoms with Gasteiger partial charge in [-0.15, -0.1) is 0 Å². The van der Waals surface area contributed by atoms with Crippen molar-refractivity contribution < 1.29 is 45.4 Å². The van der Waals surface area contributed by atoms with Crippen molar-refractivity contribution in [1.82, 2.24) is 4.98 Å². The number of phenols is 8. The summed E-state index contributed by atoms with van der Waals surface area (Å²) >= 11 is 0. The van der Waals surface area contributed by atoms with Gasteiger partial charge in [-0.2, -0.15) is 0 Å². The van der Waals surface area contributed by atoms with Crippen LogP contribution in [0.25, 0.3) is 22.3 Å². The molecule has 6 rings (SSSR count). The molecule has 266 valence electrons. The van der Waals surface area contributed by atoms with Crippen LogP contribution in [0.1, 0.15) is 0 Å². The minimum absolute atomic E-state index is 0.0780. The van der Waals surface area contributed by atoms with Gasteiger partial charge in [0.05, 0.1) is 11.1 Å². The lowest BCUT2D eigenvalue weighted by Crippen LogP contribution is -2.19. The monoisotopic (exact) mass is 729 g/mol. The second-order valence-electron chi connectivity index (χ2n) is 11.7. The quantitative estimate of drug-likeness (QED) is 0.0220. The summed E-state index contributed by atoms with van der Waals surface area (Å²) < 4.78 is 15.1. The number of hydrogen-bond acceptors (Lipinski definition) is 12. The Morgan fingerprint density at radius 1 is 0.623 bits per heavy atom. The van der Waals surface area contributed by atoms with E-state index >= 15 is 4.57 Å². The van der Waals surface area contributed by atoms with E-state index in [2.05, 4.69) is 11.6 Å². The van der Waals surface area contributed by atoms with Gasteiger partial charge in [-0.1, -0.05) is 79.4 Å². The van der Waals surface area contributed by atoms with E-state index in [4.69, 9.17) is 5.41 Å². The molecule has 6 aromatic rings. The molecule has 9 N–H and O–H groups in total. The number of anilines is 3. The van der Waals surface area contributed by atoms with Crippen LogP contribution >= 0.6 is 7.14 Å². The smallest absolute Gasteiger partial charge is 0.186 e. The molecule has 13 heteroatoms. The van der Waals surface area contributed by atoms with Crippen LogP contribution in [0, 0.1) is 5.41 Å². The van der Waals surface area contributed by atoms with Gasteiger partial charge in [0.25, 0.3) is 0 Å². The van der Waals surface area contributed by atoms with Gasteiger partial charge in [-0.3, -0.25) is 9.88 Å². The van der Waals surface area contributed by atoms with Crippen molar-refractivity contribution in [3.63, 3.8) is 0 Å². The van der Waals surface area contributed by atoms with Crippen molar-refractivity contribution in [3.05, 3.63) is 134 Å². The molecule has 0 aliphatic rings. The summed E-state index contributed by atoms with van der Waals surface area (Å²) in [6.07, 6.45) is 6.55. The minimum atomic E-state index is -3.90. The second kappa shape index (κ2) is 14.2. The maximum atomic E-state index is 15.1. The van der Waals surface area contributed by atoms with Crippen molar-refractivity contribution in [1.29, 1.82) is 5.41 Å². The Morgan fingerprint density at radius 2 is 1.09 bits per heavy atom. The molecular formula is C40H32N3O9P. The van der Waals surface area contributed by atoms with Crippen molar-refractivity contribution >= 4 is 41.0 Å². The van der Waals surface area contributed by atoms with Crippen molar-refractivity contribution in [2.24, 2.45) is 0 Å². The van der Waals surface area contributed by atoms with Gasteiger partial charge < -0.3 is 50.8 Å². The molecule has 1 unspecified atom stereocenters. The molecule has 0 aliphatic heterocycles. The first-order chi connectivity index (χ1) is 25.4. The maximum absolute atomic E-state index is 15.1. The van der Waals surface area contributed by atoms with Crippen LogP contribution in [-0.4, -0.2) is 52.1 Å². The summed E-state index contributed by atoms with van der Waals surface area (Å²) in [5, 5.41) is 99.7. The first kappa shape index (κ1) is 35.6. The van der Waals surface area contributed by atoms with Gasteiger partial charge in [0.2, 0.25) is 0 Å². The highest BCUT2D eigenvalue weighted by Gasteiger charge is 2.37. The summed E-state index contributed by atoms with van der Waals surface area (Å²) in [7, 11) is -3.90. The van der Waals surface area contributed by atoms with Gasteiger partial charge in [-0.25, -0.2) is 0 Å². The number of aromatic hydroxyl groups is 8. The summed E-state index contributed by atoms with van der Waals surface area (Å²) in [6.45, 7) is 4.00. The molecule has 12 nitrogen and oxygen atoms in total. The third-order valence-corrected chi connectivity index (χ3v) is 11.5. The van der Waals surface area contributed by atoms with Gasteiger partial charge in [0.15, 0.2) is 53.1 Å². The maximum Gasteiger partial charge on any atom is 0.186 e. The second-order valence-corrected chi connectivity index (χ2v) is 14.5. The third kappa shape index (κ3) is 6.02.